The van der Waals surface area contributed by atoms with E-state index in [1.54, 1.807) is 0 Å². The molecular formula is C11H23NO. The summed E-state index contributed by atoms with van der Waals surface area (Å²) in [6.45, 7) is 9.46. The minimum Gasteiger partial charge on any atom is -0.388 e. The van der Waals surface area contributed by atoms with Gasteiger partial charge >= 0.3 is 0 Å². The molecule has 0 aromatic rings. The summed E-state index contributed by atoms with van der Waals surface area (Å²) in [7, 11) is 0. The van der Waals surface area contributed by atoms with Gasteiger partial charge < -0.3 is 10.4 Å². The first-order chi connectivity index (χ1) is 5.94. The number of likely N-dealkylation sites (N-methyl/N-ethyl adjacent to an activating group) is 1. The zero-order valence-electron chi connectivity index (χ0n) is 9.35. The molecule has 0 amide bonds. The molecule has 0 aromatic heterocycles. The average Bonchev–Trinajstić information content (AvgIpc) is 2.28. The van der Waals surface area contributed by atoms with E-state index >= 15 is 0 Å². The molecule has 2 heteroatoms. The topological polar surface area (TPSA) is 32.3 Å². The van der Waals surface area contributed by atoms with Crippen LogP contribution in [0.25, 0.3) is 0 Å². The molecule has 2 atom stereocenters. The van der Waals surface area contributed by atoms with E-state index in [2.05, 4.69) is 33.0 Å². The predicted octanol–water partition coefficient (Wildman–Crippen LogP) is 1.93. The average molecular weight is 185 g/mol. The highest BCUT2D eigenvalue weighted by Crippen LogP contribution is 2.47. The van der Waals surface area contributed by atoms with Crippen LogP contribution in [-0.4, -0.2) is 23.3 Å². The van der Waals surface area contributed by atoms with Gasteiger partial charge in [0.2, 0.25) is 0 Å². The van der Waals surface area contributed by atoms with E-state index in [0.29, 0.717) is 0 Å². The molecule has 1 aliphatic carbocycles. The standard InChI is InChI=1S/C11H23NO/c1-5-12-9(2)11(13)8-6-7-10(11,3)4/h9,12-13H,5-8H2,1-4H3. The third kappa shape index (κ3) is 1.75. The molecule has 2 nitrogen and oxygen atoms in total. The smallest absolute Gasteiger partial charge is 0.0847 e. The largest absolute Gasteiger partial charge is 0.388 e. The van der Waals surface area contributed by atoms with Gasteiger partial charge in [0.05, 0.1) is 5.60 Å². The Bertz CT molecular complexity index is 179. The zero-order valence-corrected chi connectivity index (χ0v) is 9.35. The Labute approximate surface area is 81.7 Å². The SMILES string of the molecule is CCNC(C)C1(O)CCCC1(C)C. The Morgan fingerprint density at radius 3 is 2.38 bits per heavy atom. The maximum absolute atomic E-state index is 10.6. The highest BCUT2D eigenvalue weighted by atomic mass is 16.3. The summed E-state index contributed by atoms with van der Waals surface area (Å²) in [6, 6.07) is 0.204. The van der Waals surface area contributed by atoms with Crippen molar-refractivity contribution in [3.05, 3.63) is 0 Å². The summed E-state index contributed by atoms with van der Waals surface area (Å²) in [5.74, 6) is 0. The van der Waals surface area contributed by atoms with Crippen LogP contribution in [0, 0.1) is 5.41 Å². The van der Waals surface area contributed by atoms with Crippen LogP contribution in [0.4, 0.5) is 0 Å². The van der Waals surface area contributed by atoms with Crippen LogP contribution in [0.5, 0.6) is 0 Å². The van der Waals surface area contributed by atoms with Crippen LogP contribution in [0.15, 0.2) is 0 Å². The summed E-state index contributed by atoms with van der Waals surface area (Å²) in [5, 5.41) is 13.9. The van der Waals surface area contributed by atoms with Crippen molar-refractivity contribution in [2.75, 3.05) is 6.54 Å². The van der Waals surface area contributed by atoms with Gasteiger partial charge in [-0.15, -0.1) is 0 Å². The van der Waals surface area contributed by atoms with Crippen LogP contribution in [0.3, 0.4) is 0 Å². The minimum absolute atomic E-state index is 0.0641. The summed E-state index contributed by atoms with van der Waals surface area (Å²) in [4.78, 5) is 0. The van der Waals surface area contributed by atoms with Crippen LogP contribution < -0.4 is 5.32 Å². The van der Waals surface area contributed by atoms with Gasteiger partial charge in [-0.25, -0.2) is 0 Å². The predicted molar refractivity (Wildman–Crippen MR) is 55.7 cm³/mol. The van der Waals surface area contributed by atoms with Crippen molar-refractivity contribution in [2.45, 2.75) is 58.6 Å². The molecule has 0 spiro atoms. The van der Waals surface area contributed by atoms with Gasteiger partial charge in [-0.3, -0.25) is 0 Å². The van der Waals surface area contributed by atoms with Crippen molar-refractivity contribution in [3.8, 4) is 0 Å². The minimum atomic E-state index is -0.511. The van der Waals surface area contributed by atoms with E-state index in [9.17, 15) is 5.11 Å². The lowest BCUT2D eigenvalue weighted by Crippen LogP contribution is -2.55. The maximum atomic E-state index is 10.6. The van der Waals surface area contributed by atoms with Crippen LogP contribution >= 0.6 is 0 Å². The lowest BCUT2D eigenvalue weighted by molar-refractivity contribution is -0.0677. The molecule has 0 aliphatic heterocycles. The molecule has 1 rings (SSSR count). The molecule has 0 heterocycles. The molecule has 13 heavy (non-hydrogen) atoms. The normalized spacial score (nSPS) is 34.8. The van der Waals surface area contributed by atoms with Crippen LogP contribution in [0.1, 0.15) is 47.0 Å². The Morgan fingerprint density at radius 1 is 1.38 bits per heavy atom. The first kappa shape index (κ1) is 11.0. The van der Waals surface area contributed by atoms with E-state index in [1.165, 1.54) is 0 Å². The van der Waals surface area contributed by atoms with Gasteiger partial charge in [0.25, 0.3) is 0 Å². The van der Waals surface area contributed by atoms with Gasteiger partial charge in [0.15, 0.2) is 0 Å². The number of hydrogen-bond donors (Lipinski definition) is 2. The first-order valence-electron chi connectivity index (χ1n) is 5.40. The third-order valence-electron chi connectivity index (χ3n) is 3.76. The van der Waals surface area contributed by atoms with Crippen molar-refractivity contribution < 1.29 is 5.11 Å². The lowest BCUT2D eigenvalue weighted by atomic mass is 9.73. The molecule has 0 saturated heterocycles. The third-order valence-corrected chi connectivity index (χ3v) is 3.76. The summed E-state index contributed by atoms with van der Waals surface area (Å²) >= 11 is 0. The van der Waals surface area contributed by atoms with E-state index < -0.39 is 5.60 Å². The second-order valence-corrected chi connectivity index (χ2v) is 4.94. The molecule has 1 fully saturated rings. The molecule has 0 radical (unpaired) electrons. The van der Waals surface area contributed by atoms with Gasteiger partial charge in [-0.05, 0) is 38.1 Å². The molecule has 0 aromatic carbocycles. The second-order valence-electron chi connectivity index (χ2n) is 4.94. The number of rotatable bonds is 3. The molecular weight excluding hydrogens is 162 g/mol. The number of hydrogen-bond acceptors (Lipinski definition) is 2. The van der Waals surface area contributed by atoms with Gasteiger partial charge in [-0.2, -0.15) is 0 Å². The van der Waals surface area contributed by atoms with Gasteiger partial charge in [-0.1, -0.05) is 20.8 Å². The molecule has 2 unspecified atom stereocenters. The summed E-state index contributed by atoms with van der Waals surface area (Å²) in [6.07, 6.45) is 3.23. The van der Waals surface area contributed by atoms with Crippen molar-refractivity contribution in [1.29, 1.82) is 0 Å². The Morgan fingerprint density at radius 2 is 2.00 bits per heavy atom. The Kier molecular flexibility index (Phi) is 3.03. The van der Waals surface area contributed by atoms with Crippen molar-refractivity contribution in [1.82, 2.24) is 5.32 Å². The highest BCUT2D eigenvalue weighted by Gasteiger charge is 2.50. The molecule has 78 valence electrons. The Hall–Kier alpha value is -0.0800. The molecule has 1 aliphatic rings. The van der Waals surface area contributed by atoms with E-state index in [4.69, 9.17) is 0 Å². The quantitative estimate of drug-likeness (QED) is 0.704. The monoisotopic (exact) mass is 185 g/mol. The molecule has 0 bridgehead atoms. The fourth-order valence-corrected chi connectivity index (χ4v) is 2.63. The zero-order chi connectivity index (χ0) is 10.1. The van der Waals surface area contributed by atoms with E-state index in [0.717, 1.165) is 25.8 Å². The Balaban J connectivity index is 2.74. The van der Waals surface area contributed by atoms with Crippen LogP contribution in [0.2, 0.25) is 0 Å². The van der Waals surface area contributed by atoms with Gasteiger partial charge in [0.1, 0.15) is 0 Å². The summed E-state index contributed by atoms with van der Waals surface area (Å²) in [5.41, 5.74) is -0.447. The highest BCUT2D eigenvalue weighted by molar-refractivity contribution is 5.04. The molecule has 1 saturated carbocycles. The van der Waals surface area contributed by atoms with Crippen LogP contribution in [-0.2, 0) is 0 Å². The van der Waals surface area contributed by atoms with Gasteiger partial charge in [0, 0.05) is 6.04 Å². The second kappa shape index (κ2) is 3.58. The lowest BCUT2D eigenvalue weighted by Gasteiger charge is -2.41. The first-order valence-corrected chi connectivity index (χ1v) is 5.40. The van der Waals surface area contributed by atoms with E-state index in [1.807, 2.05) is 0 Å². The molecule has 2 N–H and O–H groups in total. The number of nitrogens with one attached hydrogen (secondary N) is 1. The van der Waals surface area contributed by atoms with Crippen molar-refractivity contribution >= 4 is 0 Å². The van der Waals surface area contributed by atoms with Crippen molar-refractivity contribution in [2.24, 2.45) is 5.41 Å². The van der Waals surface area contributed by atoms with E-state index in [-0.39, 0.29) is 11.5 Å². The fraction of sp³-hybridized carbons (Fsp3) is 1.00. The maximum Gasteiger partial charge on any atom is 0.0847 e. The fourth-order valence-electron chi connectivity index (χ4n) is 2.63. The van der Waals surface area contributed by atoms with Crippen molar-refractivity contribution in [3.63, 3.8) is 0 Å². The summed E-state index contributed by atoms with van der Waals surface area (Å²) < 4.78 is 0. The number of aliphatic hydroxyl groups is 1.